The molecule has 4 rings (SSSR count). The van der Waals surface area contributed by atoms with Gasteiger partial charge >= 0.3 is 25.2 Å². The Balaban J connectivity index is 1.69. The zero-order valence-corrected chi connectivity index (χ0v) is 26.1. The molecule has 1 fully saturated rings. The van der Waals surface area contributed by atoms with Crippen molar-refractivity contribution in [2.75, 3.05) is 18.4 Å². The van der Waals surface area contributed by atoms with Crippen LogP contribution in [0.15, 0.2) is 77.7 Å². The SMILES string of the molecule is Cc1ccn([C@@H]2O[C@H](COP(=O)(O)CP(=O)(O)C[P+]([O-])([O-])[O-])[C@@H](OC(=O)c3ccccc3)[C@H]2OC(=O)c2ccccc2)c(=O)n1. The van der Waals surface area contributed by atoms with Gasteiger partial charge in [0.25, 0.3) is 0 Å². The second-order valence-electron chi connectivity index (χ2n) is 9.97. The van der Waals surface area contributed by atoms with Gasteiger partial charge in [0.15, 0.2) is 18.4 Å². The maximum absolute atomic E-state index is 13.1. The summed E-state index contributed by atoms with van der Waals surface area (Å²) >= 11 is 0. The van der Waals surface area contributed by atoms with Crippen LogP contribution in [-0.2, 0) is 27.9 Å². The molecule has 0 bridgehead atoms. The zero-order chi connectivity index (χ0) is 33.0. The van der Waals surface area contributed by atoms with Gasteiger partial charge in [-0.2, -0.15) is 12.9 Å². The molecule has 1 aliphatic rings. The lowest BCUT2D eigenvalue weighted by Crippen LogP contribution is -2.42. The molecule has 1 aromatic heterocycles. The number of aromatic nitrogens is 2. The normalized spacial score (nSPS) is 22.6. The molecule has 19 heteroatoms. The highest BCUT2D eigenvalue weighted by molar-refractivity contribution is 7.80. The lowest BCUT2D eigenvalue weighted by atomic mass is 10.1. The Morgan fingerprint density at radius 3 is 1.98 bits per heavy atom. The van der Waals surface area contributed by atoms with E-state index < -0.39 is 83.5 Å². The van der Waals surface area contributed by atoms with E-state index in [1.54, 1.807) is 43.3 Å². The minimum Gasteiger partial charge on any atom is -0.687 e. The molecule has 0 spiro atoms. The van der Waals surface area contributed by atoms with Crippen LogP contribution < -0.4 is 20.4 Å². The van der Waals surface area contributed by atoms with E-state index in [1.165, 1.54) is 36.5 Å². The van der Waals surface area contributed by atoms with E-state index in [1.807, 2.05) is 0 Å². The molecule has 45 heavy (non-hydrogen) atoms. The van der Waals surface area contributed by atoms with Crippen molar-refractivity contribution in [2.24, 2.45) is 0 Å². The predicted octanol–water partition coefficient (Wildman–Crippen LogP) is 0.131. The van der Waals surface area contributed by atoms with E-state index in [-0.39, 0.29) is 11.1 Å². The number of hydrogen-bond donors (Lipinski definition) is 2. The van der Waals surface area contributed by atoms with Crippen LogP contribution in [0, 0.1) is 6.92 Å². The summed E-state index contributed by atoms with van der Waals surface area (Å²) in [5.41, 5.74) is -0.346. The van der Waals surface area contributed by atoms with Crippen molar-refractivity contribution in [2.45, 2.75) is 31.5 Å². The van der Waals surface area contributed by atoms with Crippen molar-refractivity contribution < 1.29 is 61.9 Å². The van der Waals surface area contributed by atoms with Crippen LogP contribution in [0.5, 0.6) is 0 Å². The summed E-state index contributed by atoms with van der Waals surface area (Å²) in [4.78, 5) is 96.0. The lowest BCUT2D eigenvalue weighted by Gasteiger charge is -2.42. The molecule has 16 nitrogen and oxygen atoms in total. The smallest absolute Gasteiger partial charge is 0.350 e. The second kappa shape index (κ2) is 14.1. The molecule has 6 atom stereocenters. The molecular formula is C26H27N2O14P3-2. The second-order valence-corrected chi connectivity index (χ2v) is 16.7. The molecule has 1 saturated heterocycles. The number of carbonyl (C=O) groups excluding carboxylic acids is 2. The third kappa shape index (κ3) is 9.68. The van der Waals surface area contributed by atoms with Gasteiger partial charge in [0, 0.05) is 11.9 Å². The number of ether oxygens (including phenoxy) is 3. The quantitative estimate of drug-likeness (QED) is 0.190. The summed E-state index contributed by atoms with van der Waals surface area (Å²) in [5.74, 6) is -5.21. The van der Waals surface area contributed by atoms with Crippen LogP contribution in [-0.4, -0.2) is 68.0 Å². The highest BCUT2D eigenvalue weighted by atomic mass is 31.3. The van der Waals surface area contributed by atoms with Crippen molar-refractivity contribution in [1.29, 1.82) is 0 Å². The minimum absolute atomic E-state index is 0.0663. The van der Waals surface area contributed by atoms with Gasteiger partial charge in [0.05, 0.1) is 17.7 Å². The summed E-state index contributed by atoms with van der Waals surface area (Å²) in [6, 6.07) is 16.7. The number of esters is 2. The van der Waals surface area contributed by atoms with Crippen LogP contribution in [0.1, 0.15) is 32.6 Å². The van der Waals surface area contributed by atoms with Crippen LogP contribution in [0.3, 0.4) is 0 Å². The van der Waals surface area contributed by atoms with E-state index in [0.29, 0.717) is 5.69 Å². The molecule has 2 unspecified atom stereocenters. The Labute approximate surface area is 256 Å². The topological polar surface area (TPSA) is 250 Å². The maximum atomic E-state index is 13.1. The number of hydrogen-bond acceptors (Lipinski definition) is 13. The monoisotopic (exact) mass is 684 g/mol. The van der Waals surface area contributed by atoms with Gasteiger partial charge in [-0.05, 0) is 37.3 Å². The van der Waals surface area contributed by atoms with Crippen LogP contribution in [0.2, 0.25) is 0 Å². The largest absolute Gasteiger partial charge is 0.687 e. The first-order valence-electron chi connectivity index (χ1n) is 13.1. The third-order valence-corrected chi connectivity index (χ3v) is 13.2. The number of nitrogens with zero attached hydrogens (tertiary/aromatic N) is 2. The highest BCUT2D eigenvalue weighted by Gasteiger charge is 2.52. The van der Waals surface area contributed by atoms with Crippen molar-refractivity contribution in [3.05, 3.63) is 100 Å². The predicted molar refractivity (Wildman–Crippen MR) is 151 cm³/mol. The van der Waals surface area contributed by atoms with E-state index in [4.69, 9.17) is 18.7 Å². The molecule has 0 amide bonds. The van der Waals surface area contributed by atoms with Crippen LogP contribution in [0.4, 0.5) is 0 Å². The molecule has 0 aliphatic carbocycles. The first kappa shape index (κ1) is 34.7. The summed E-state index contributed by atoms with van der Waals surface area (Å²) < 4.78 is 48.1. The Bertz CT molecular complexity index is 1660. The minimum atomic E-state index is -5.54. The molecule has 3 aromatic rings. The van der Waals surface area contributed by atoms with Gasteiger partial charge in [-0.1, -0.05) is 36.4 Å². The fourth-order valence-electron chi connectivity index (χ4n) is 4.38. The maximum Gasteiger partial charge on any atom is 0.350 e. The van der Waals surface area contributed by atoms with Gasteiger partial charge in [-0.25, -0.2) is 14.4 Å². The van der Waals surface area contributed by atoms with Gasteiger partial charge in [-0.3, -0.25) is 13.7 Å². The molecule has 2 N–H and O–H groups in total. The summed E-state index contributed by atoms with van der Waals surface area (Å²) in [6.45, 7) is 0.601. The fraction of sp³-hybridized carbons (Fsp3) is 0.308. The highest BCUT2D eigenvalue weighted by Crippen LogP contribution is 2.62. The van der Waals surface area contributed by atoms with Crippen LogP contribution in [0.25, 0.3) is 0 Å². The molecule has 242 valence electrons. The van der Waals surface area contributed by atoms with E-state index >= 15 is 0 Å². The van der Waals surface area contributed by atoms with E-state index in [9.17, 15) is 48.0 Å². The van der Waals surface area contributed by atoms with E-state index in [0.717, 1.165) is 4.57 Å². The first-order valence-corrected chi connectivity index (χ1v) is 18.6. The standard InChI is InChI=1S/C26H29N2O14P3/c1-17-12-13-28(26(31)27-17)23-22(42-25(30)19-10-6-3-7-11-19)21(41-24(29)18-8-4-2-5-9-18)20(40-23)14-39-45(37,38)16-43(32,33)15-44(34,35)36/h2-13,20-23H,14-16H2,1H3,(H,32,33)(H,37,38)(H2,34,35,36)/p-2/t20-,21-,22-,23-/m1/s1. The van der Waals surface area contributed by atoms with E-state index in [2.05, 4.69) is 4.98 Å². The molecule has 0 saturated carbocycles. The van der Waals surface area contributed by atoms with Crippen LogP contribution >= 0.6 is 22.9 Å². The molecular weight excluding hydrogens is 657 g/mol. The van der Waals surface area contributed by atoms with Gasteiger partial charge in [-0.15, -0.1) is 0 Å². The summed E-state index contributed by atoms with van der Waals surface area (Å²) in [6.07, 6.45) is -4.97. The van der Waals surface area contributed by atoms with Crippen molar-refractivity contribution >= 4 is 34.8 Å². The molecule has 2 heterocycles. The Morgan fingerprint density at radius 1 is 0.933 bits per heavy atom. The van der Waals surface area contributed by atoms with Crippen molar-refractivity contribution in [3.8, 4) is 0 Å². The number of carbonyl (C=O) groups is 2. The zero-order valence-electron chi connectivity index (χ0n) is 23.4. The summed E-state index contributed by atoms with van der Waals surface area (Å²) in [5, 5.41) is 0. The lowest BCUT2D eigenvalue weighted by molar-refractivity contribution is -0.426. The average molecular weight is 684 g/mol. The first-order chi connectivity index (χ1) is 21.0. The number of benzene rings is 2. The van der Waals surface area contributed by atoms with Crippen molar-refractivity contribution in [3.63, 3.8) is 0 Å². The van der Waals surface area contributed by atoms with Gasteiger partial charge < -0.3 is 43.2 Å². The Morgan fingerprint density at radius 2 is 1.47 bits per heavy atom. The molecule has 1 aliphatic heterocycles. The van der Waals surface area contributed by atoms with Gasteiger partial charge in [0.2, 0.25) is 7.37 Å². The third-order valence-electron chi connectivity index (χ3n) is 6.27. The summed E-state index contributed by atoms with van der Waals surface area (Å²) in [7, 11) is -15.6. The molecule has 2 aromatic carbocycles. The Hall–Kier alpha value is -3.13. The fourth-order valence-corrected chi connectivity index (χ4v) is 10.7. The van der Waals surface area contributed by atoms with Crippen molar-refractivity contribution in [1.82, 2.24) is 9.55 Å². The average Bonchev–Trinajstić information content (AvgIpc) is 3.27. The molecule has 0 radical (unpaired) electrons. The van der Waals surface area contributed by atoms with Gasteiger partial charge in [0.1, 0.15) is 17.9 Å². The number of aryl methyl sites for hydroxylation is 1. The number of rotatable bonds is 12. The Kier molecular flexibility index (Phi) is 10.9.